The van der Waals surface area contributed by atoms with Gasteiger partial charge in [-0.1, -0.05) is 74.4 Å². The van der Waals surface area contributed by atoms with Crippen LogP contribution in [0.15, 0.2) is 88.1 Å². The monoisotopic (exact) mass is 453 g/mol. The predicted molar refractivity (Wildman–Crippen MR) is 132 cm³/mol. The first-order valence-electron chi connectivity index (χ1n) is 11.8. The SMILES string of the molecule is CCCCCOc1ccc(C2c3c(oc4ccccc4c3=O)C(=O)N2Cc2ccccc2)cc1. The van der Waals surface area contributed by atoms with Crippen LogP contribution in [0.3, 0.4) is 0 Å². The van der Waals surface area contributed by atoms with E-state index in [0.717, 1.165) is 36.1 Å². The molecular formula is C29H27NO4. The van der Waals surface area contributed by atoms with Gasteiger partial charge in [-0.3, -0.25) is 9.59 Å². The number of amides is 1. The molecular weight excluding hydrogens is 426 g/mol. The van der Waals surface area contributed by atoms with Crippen LogP contribution in [-0.4, -0.2) is 17.4 Å². The average molecular weight is 454 g/mol. The van der Waals surface area contributed by atoms with Crippen LogP contribution in [0.2, 0.25) is 0 Å². The molecule has 1 amide bonds. The number of nitrogens with zero attached hydrogens (tertiary/aromatic N) is 1. The molecule has 0 radical (unpaired) electrons. The van der Waals surface area contributed by atoms with Crippen molar-refractivity contribution in [1.29, 1.82) is 0 Å². The van der Waals surface area contributed by atoms with E-state index in [9.17, 15) is 9.59 Å². The van der Waals surface area contributed by atoms with Crippen molar-refractivity contribution in [3.8, 4) is 5.75 Å². The van der Waals surface area contributed by atoms with E-state index in [1.54, 1.807) is 23.1 Å². The topological polar surface area (TPSA) is 59.8 Å². The number of para-hydroxylation sites is 1. The van der Waals surface area contributed by atoms with Crippen molar-refractivity contribution >= 4 is 16.9 Å². The number of rotatable bonds is 8. The van der Waals surface area contributed by atoms with Gasteiger partial charge in [-0.15, -0.1) is 0 Å². The van der Waals surface area contributed by atoms with E-state index in [1.165, 1.54) is 0 Å². The van der Waals surface area contributed by atoms with Crippen LogP contribution in [0.1, 0.15) is 59.5 Å². The lowest BCUT2D eigenvalue weighted by Gasteiger charge is -2.25. The lowest BCUT2D eigenvalue weighted by molar-refractivity contribution is 0.0714. The molecule has 0 spiro atoms. The number of benzene rings is 3. The fraction of sp³-hybridized carbons (Fsp3) is 0.241. The standard InChI is InChI=1S/C29H27NO4/c1-2-3-9-18-33-22-16-14-21(15-17-22)26-25-27(31)23-12-7-8-13-24(23)34-28(25)29(32)30(26)19-20-10-5-4-6-11-20/h4-8,10-17,26H,2-3,9,18-19H2,1H3. The molecule has 3 aromatic carbocycles. The third kappa shape index (κ3) is 4.10. The van der Waals surface area contributed by atoms with E-state index >= 15 is 0 Å². The van der Waals surface area contributed by atoms with Gasteiger partial charge in [0.2, 0.25) is 5.76 Å². The molecule has 2 heterocycles. The largest absolute Gasteiger partial charge is 0.494 e. The highest BCUT2D eigenvalue weighted by molar-refractivity contribution is 5.99. The second-order valence-corrected chi connectivity index (χ2v) is 8.62. The second-order valence-electron chi connectivity index (χ2n) is 8.62. The maximum absolute atomic E-state index is 13.6. The van der Waals surface area contributed by atoms with E-state index < -0.39 is 6.04 Å². The van der Waals surface area contributed by atoms with Crippen LogP contribution in [0.4, 0.5) is 0 Å². The lowest BCUT2D eigenvalue weighted by atomic mass is 9.98. The molecule has 0 aliphatic carbocycles. The first-order chi connectivity index (χ1) is 16.7. The van der Waals surface area contributed by atoms with Crippen molar-refractivity contribution < 1.29 is 13.9 Å². The first-order valence-corrected chi connectivity index (χ1v) is 11.8. The fourth-order valence-corrected chi connectivity index (χ4v) is 4.55. The van der Waals surface area contributed by atoms with Gasteiger partial charge in [0.1, 0.15) is 11.3 Å². The van der Waals surface area contributed by atoms with Gasteiger partial charge in [0.25, 0.3) is 5.91 Å². The highest BCUT2D eigenvalue weighted by atomic mass is 16.5. The van der Waals surface area contributed by atoms with Gasteiger partial charge in [0.05, 0.1) is 23.6 Å². The van der Waals surface area contributed by atoms with Crippen molar-refractivity contribution in [3.05, 3.63) is 112 Å². The molecule has 1 unspecified atom stereocenters. The summed E-state index contributed by atoms with van der Waals surface area (Å²) in [5.74, 6) is 0.640. The zero-order valence-corrected chi connectivity index (χ0v) is 19.2. The number of carbonyl (C=O) groups excluding carboxylic acids is 1. The van der Waals surface area contributed by atoms with E-state index in [0.29, 0.717) is 29.7 Å². The Hall–Kier alpha value is -3.86. The summed E-state index contributed by atoms with van der Waals surface area (Å²) in [4.78, 5) is 28.8. The van der Waals surface area contributed by atoms with Crippen molar-refractivity contribution in [2.75, 3.05) is 6.61 Å². The summed E-state index contributed by atoms with van der Waals surface area (Å²) < 4.78 is 11.9. The summed E-state index contributed by atoms with van der Waals surface area (Å²) in [6.45, 7) is 3.21. The van der Waals surface area contributed by atoms with Crippen LogP contribution in [-0.2, 0) is 6.54 Å². The predicted octanol–water partition coefficient (Wildman–Crippen LogP) is 6.11. The Kier molecular flexibility index (Phi) is 6.17. The molecule has 4 aromatic rings. The summed E-state index contributed by atoms with van der Waals surface area (Å²) in [6.07, 6.45) is 3.30. The summed E-state index contributed by atoms with van der Waals surface area (Å²) in [7, 11) is 0. The minimum absolute atomic E-state index is 0.129. The molecule has 0 bridgehead atoms. The lowest BCUT2D eigenvalue weighted by Crippen LogP contribution is -2.29. The molecule has 34 heavy (non-hydrogen) atoms. The first kappa shape index (κ1) is 22.0. The van der Waals surface area contributed by atoms with Crippen LogP contribution >= 0.6 is 0 Å². The molecule has 1 aliphatic heterocycles. The molecule has 5 nitrogen and oxygen atoms in total. The molecule has 0 fully saturated rings. The molecule has 1 atom stereocenters. The van der Waals surface area contributed by atoms with Gasteiger partial charge < -0.3 is 14.1 Å². The average Bonchev–Trinajstić information content (AvgIpc) is 3.14. The fourth-order valence-electron chi connectivity index (χ4n) is 4.55. The van der Waals surface area contributed by atoms with E-state index in [4.69, 9.17) is 9.15 Å². The van der Waals surface area contributed by atoms with Crippen molar-refractivity contribution in [2.45, 2.75) is 38.8 Å². The van der Waals surface area contributed by atoms with Crippen LogP contribution in [0, 0.1) is 0 Å². The van der Waals surface area contributed by atoms with Crippen LogP contribution < -0.4 is 10.2 Å². The molecule has 0 N–H and O–H groups in total. The molecule has 0 saturated carbocycles. The summed E-state index contributed by atoms with van der Waals surface area (Å²) in [5, 5.41) is 0.483. The maximum Gasteiger partial charge on any atom is 0.291 e. The number of hydrogen-bond donors (Lipinski definition) is 0. The smallest absolute Gasteiger partial charge is 0.291 e. The Morgan fingerprint density at radius 2 is 1.62 bits per heavy atom. The Bertz CT molecular complexity index is 1360. The van der Waals surface area contributed by atoms with Gasteiger partial charge in [-0.25, -0.2) is 0 Å². The van der Waals surface area contributed by atoms with Gasteiger partial charge in [-0.2, -0.15) is 0 Å². The Morgan fingerprint density at radius 3 is 2.38 bits per heavy atom. The maximum atomic E-state index is 13.6. The van der Waals surface area contributed by atoms with Gasteiger partial charge in [0, 0.05) is 6.54 Å². The highest BCUT2D eigenvalue weighted by Crippen LogP contribution is 2.39. The summed E-state index contributed by atoms with van der Waals surface area (Å²) in [6, 6.07) is 24.0. The van der Waals surface area contributed by atoms with Gasteiger partial charge >= 0.3 is 0 Å². The summed E-state index contributed by atoms with van der Waals surface area (Å²) >= 11 is 0. The number of unbranched alkanes of at least 4 members (excludes halogenated alkanes) is 2. The molecule has 1 aliphatic rings. The van der Waals surface area contributed by atoms with Crippen molar-refractivity contribution in [2.24, 2.45) is 0 Å². The van der Waals surface area contributed by atoms with Crippen molar-refractivity contribution in [1.82, 2.24) is 4.90 Å². The second kappa shape index (κ2) is 9.56. The van der Waals surface area contributed by atoms with E-state index in [1.807, 2.05) is 60.7 Å². The molecule has 0 saturated heterocycles. The Morgan fingerprint density at radius 1 is 0.882 bits per heavy atom. The van der Waals surface area contributed by atoms with Gasteiger partial charge in [-0.05, 0) is 41.8 Å². The van der Waals surface area contributed by atoms with E-state index in [-0.39, 0.29) is 17.1 Å². The minimum atomic E-state index is -0.530. The molecule has 5 rings (SSSR count). The van der Waals surface area contributed by atoms with E-state index in [2.05, 4.69) is 6.92 Å². The molecule has 5 heteroatoms. The molecule has 1 aromatic heterocycles. The minimum Gasteiger partial charge on any atom is -0.494 e. The third-order valence-electron chi connectivity index (χ3n) is 6.28. The number of ether oxygens (including phenoxy) is 1. The number of fused-ring (bicyclic) bond motifs is 2. The molecule has 172 valence electrons. The third-order valence-corrected chi connectivity index (χ3v) is 6.28. The number of hydrogen-bond acceptors (Lipinski definition) is 4. The zero-order chi connectivity index (χ0) is 23.5. The summed E-state index contributed by atoms with van der Waals surface area (Å²) in [5.41, 5.74) is 2.51. The van der Waals surface area contributed by atoms with Crippen molar-refractivity contribution in [3.63, 3.8) is 0 Å². The van der Waals surface area contributed by atoms with Crippen LogP contribution in [0.25, 0.3) is 11.0 Å². The number of carbonyl (C=O) groups is 1. The Balaban J connectivity index is 1.55. The highest BCUT2D eigenvalue weighted by Gasteiger charge is 2.42. The Labute approximate surface area is 198 Å². The normalized spacial score (nSPS) is 15.0. The van der Waals surface area contributed by atoms with Crippen LogP contribution in [0.5, 0.6) is 5.75 Å². The quantitative estimate of drug-likeness (QED) is 0.302. The van der Waals surface area contributed by atoms with Gasteiger partial charge in [0.15, 0.2) is 5.43 Å². The zero-order valence-electron chi connectivity index (χ0n) is 19.2.